The third-order valence-electron chi connectivity index (χ3n) is 9.94. The molecule has 0 aliphatic carbocycles. The Morgan fingerprint density at radius 2 is 1.41 bits per heavy atom. The number of rotatable bonds is 5. The van der Waals surface area contributed by atoms with Gasteiger partial charge in [0.25, 0.3) is 0 Å². The van der Waals surface area contributed by atoms with Crippen molar-refractivity contribution in [2.24, 2.45) is 10.4 Å². The zero-order valence-corrected chi connectivity index (χ0v) is 37.5. The van der Waals surface area contributed by atoms with Crippen LogP contribution in [0.1, 0.15) is 75.3 Å². The maximum absolute atomic E-state index is 6.36. The topological polar surface area (TPSA) is 38.4 Å². The van der Waals surface area contributed by atoms with E-state index < -0.39 is 13.3 Å². The van der Waals surface area contributed by atoms with Crippen LogP contribution in [0, 0.1) is 17.5 Å². The second-order valence-corrected chi connectivity index (χ2v) is 28.1. The van der Waals surface area contributed by atoms with E-state index in [0.717, 1.165) is 56.6 Å². The first kappa shape index (κ1) is 39.6. The molecule has 0 saturated carbocycles. The summed E-state index contributed by atoms with van der Waals surface area (Å²) in [6.07, 6.45) is 3.24. The van der Waals surface area contributed by atoms with Crippen LogP contribution >= 0.6 is 0 Å². The van der Waals surface area contributed by atoms with Crippen molar-refractivity contribution in [3.8, 4) is 11.3 Å². The summed E-state index contributed by atoms with van der Waals surface area (Å²) in [5.74, 6) is 7.36. The first-order valence-electron chi connectivity index (χ1n) is 18.7. The number of hydrogen-bond acceptors (Lipinski definition) is 3. The summed E-state index contributed by atoms with van der Waals surface area (Å²) in [6.45, 7) is 13.7. The van der Waals surface area contributed by atoms with Crippen molar-refractivity contribution < 1.29 is 24.5 Å². The van der Waals surface area contributed by atoms with Crippen molar-refractivity contribution in [3.05, 3.63) is 161 Å². The van der Waals surface area contributed by atoms with E-state index in [1.165, 1.54) is 26.6 Å². The van der Waals surface area contributed by atoms with Crippen LogP contribution in [0.25, 0.3) is 33.2 Å². The first-order valence-corrected chi connectivity index (χ1v) is 26.1. The maximum atomic E-state index is 6.36. The van der Waals surface area contributed by atoms with Gasteiger partial charge in [-0.25, -0.2) is 0 Å². The molecule has 1 unspecified atom stereocenters. The van der Waals surface area contributed by atoms with Gasteiger partial charge in [-0.1, -0.05) is 92.4 Å². The molecule has 0 N–H and O–H groups in total. The molecule has 8 rings (SSSR count). The van der Waals surface area contributed by atoms with Gasteiger partial charge in [-0.15, -0.1) is 18.2 Å². The van der Waals surface area contributed by atoms with Crippen LogP contribution in [0.3, 0.4) is 0 Å². The average Bonchev–Trinajstić information content (AvgIpc) is 3.70. The Hall–Kier alpha value is -4.09. The van der Waals surface area contributed by atoms with Crippen molar-refractivity contribution in [1.82, 2.24) is 4.98 Å². The number of hydrogen-bond donors (Lipinski definition) is 0. The van der Waals surface area contributed by atoms with E-state index in [9.17, 15) is 0 Å². The maximum Gasteiger partial charge on any atom is 0.120 e. The molecule has 277 valence electrons. The molecule has 3 heterocycles. The molecule has 5 aromatic carbocycles. The molecule has 54 heavy (non-hydrogen) atoms. The molecule has 1 aliphatic rings. The van der Waals surface area contributed by atoms with Gasteiger partial charge in [0.15, 0.2) is 0 Å². The van der Waals surface area contributed by atoms with E-state index in [0.29, 0.717) is 5.41 Å². The molecule has 1 radical (unpaired) electrons. The fourth-order valence-electron chi connectivity index (χ4n) is 7.59. The van der Waals surface area contributed by atoms with Gasteiger partial charge in [-0.05, 0) is 39.9 Å². The molecular formula is C49H50GeIrN2O-2. The molecule has 7 aromatic rings. The van der Waals surface area contributed by atoms with E-state index in [2.05, 4.69) is 156 Å². The summed E-state index contributed by atoms with van der Waals surface area (Å²) in [4.78, 5) is 9.87. The van der Waals surface area contributed by atoms with Crippen molar-refractivity contribution in [2.75, 3.05) is 0 Å². The van der Waals surface area contributed by atoms with E-state index in [1.54, 1.807) is 0 Å². The zero-order chi connectivity index (χ0) is 37.5. The number of para-hydroxylation sites is 2. The van der Waals surface area contributed by atoms with E-state index in [-0.39, 0.29) is 31.4 Å². The number of pyridine rings is 1. The van der Waals surface area contributed by atoms with Crippen molar-refractivity contribution in [3.63, 3.8) is 0 Å². The molecule has 0 amide bonds. The van der Waals surface area contributed by atoms with Crippen LogP contribution < -0.4 is 4.40 Å². The number of fused-ring (bicyclic) bond motifs is 4. The third-order valence-corrected chi connectivity index (χ3v) is 14.3. The SMILES string of the molecule is CC(C)(C)Cc1cc(-c2[c-]cccc2)nc[c]1[Ge]([CH3])([CH3])[CH3].CC(C)(C)c1ccccc1C1C(c2[c-]ccc3c2oc2ccccc23)=Nc2ccccc21.[Ir]. The van der Waals surface area contributed by atoms with Crippen LogP contribution in [-0.2, 0) is 31.9 Å². The Labute approximate surface area is 338 Å². The quantitative estimate of drug-likeness (QED) is 0.127. The Balaban J connectivity index is 0.000000198. The van der Waals surface area contributed by atoms with E-state index in [4.69, 9.17) is 14.4 Å². The minimum Gasteiger partial charge on any atom is -0.501 e. The summed E-state index contributed by atoms with van der Waals surface area (Å²) in [7, 11) is 0. The zero-order valence-electron chi connectivity index (χ0n) is 33.0. The number of furan rings is 1. The van der Waals surface area contributed by atoms with Gasteiger partial charge in [0, 0.05) is 31.4 Å². The van der Waals surface area contributed by atoms with Crippen molar-refractivity contribution >= 4 is 51.0 Å². The monoisotopic (exact) mass is 949 g/mol. The Kier molecular flexibility index (Phi) is 11.4. The first-order chi connectivity index (χ1) is 25.2. The standard InChI is InChI=1S/C30H24NO.C19H26GeN.Ir/c1-30(2,3)24-16-7-4-12-21(24)27-22-13-5-8-17-25(22)31-28(27)23-15-10-14-20-19-11-6-9-18-26(19)32-29(20)23;1-19(2,3)13-16-12-18(15-10-8-7-9-11-15)21-14-17(16)20(4,5)6;/h4-14,16-18,27H,1-3H3;7-10,12,14H,13H2,1-6H3;/q2*-1;. The molecule has 0 spiro atoms. The van der Waals surface area contributed by atoms with Gasteiger partial charge in [0.1, 0.15) is 5.58 Å². The normalized spacial score (nSPS) is 14.2. The van der Waals surface area contributed by atoms with Gasteiger partial charge in [-0.3, -0.25) is 4.99 Å². The van der Waals surface area contributed by atoms with Gasteiger partial charge in [0.05, 0.1) is 11.3 Å². The fourth-order valence-corrected chi connectivity index (χ4v) is 10.9. The van der Waals surface area contributed by atoms with Gasteiger partial charge in [0.2, 0.25) is 0 Å². The minimum absolute atomic E-state index is 0. The summed E-state index contributed by atoms with van der Waals surface area (Å²) < 4.78 is 7.90. The number of aromatic nitrogens is 1. The molecular weight excluding hydrogens is 897 g/mol. The number of benzene rings is 5. The summed E-state index contributed by atoms with van der Waals surface area (Å²) in [5.41, 5.74) is 12.5. The number of aliphatic imine (C=N–C) groups is 1. The van der Waals surface area contributed by atoms with E-state index in [1.807, 2.05) is 36.4 Å². The minimum atomic E-state index is -1.90. The summed E-state index contributed by atoms with van der Waals surface area (Å²) in [5, 5.41) is 2.23. The Morgan fingerprint density at radius 3 is 2.11 bits per heavy atom. The van der Waals surface area contributed by atoms with Crippen LogP contribution in [0.15, 0.2) is 131 Å². The molecule has 3 nitrogen and oxygen atoms in total. The summed E-state index contributed by atoms with van der Waals surface area (Å²) in [6, 6.07) is 46.7. The van der Waals surface area contributed by atoms with Crippen LogP contribution in [0.4, 0.5) is 5.69 Å². The molecule has 0 fully saturated rings. The fraction of sp³-hybridized carbons (Fsp3) is 0.265. The van der Waals surface area contributed by atoms with Crippen molar-refractivity contribution in [2.45, 2.75) is 76.6 Å². The smallest absolute Gasteiger partial charge is 0.120 e. The predicted molar refractivity (Wildman–Crippen MR) is 227 cm³/mol. The third kappa shape index (κ3) is 8.27. The number of nitrogens with zero attached hydrogens (tertiary/aromatic N) is 2. The second-order valence-electron chi connectivity index (χ2n) is 17.5. The Bertz CT molecular complexity index is 2440. The van der Waals surface area contributed by atoms with Gasteiger partial charge in [-0.2, -0.15) is 0 Å². The molecule has 1 aliphatic heterocycles. The van der Waals surface area contributed by atoms with Gasteiger partial charge < -0.3 is 4.42 Å². The molecule has 1 atom stereocenters. The van der Waals surface area contributed by atoms with Crippen molar-refractivity contribution in [1.29, 1.82) is 0 Å². The Morgan fingerprint density at radius 1 is 0.722 bits per heavy atom. The van der Waals surface area contributed by atoms with Crippen LogP contribution in [0.5, 0.6) is 0 Å². The van der Waals surface area contributed by atoms with Crippen LogP contribution in [-0.4, -0.2) is 24.0 Å². The molecule has 0 saturated heterocycles. The second kappa shape index (κ2) is 15.6. The van der Waals surface area contributed by atoms with Crippen LogP contribution in [0.2, 0.25) is 17.3 Å². The molecule has 0 bridgehead atoms. The molecule has 5 heteroatoms. The average molecular weight is 948 g/mol. The van der Waals surface area contributed by atoms with E-state index >= 15 is 0 Å². The largest absolute Gasteiger partial charge is 0.501 e. The predicted octanol–water partition coefficient (Wildman–Crippen LogP) is 12.6. The van der Waals surface area contributed by atoms with Gasteiger partial charge >= 0.3 is 132 Å². The summed E-state index contributed by atoms with van der Waals surface area (Å²) >= 11 is -1.90. The molecule has 2 aromatic heterocycles.